The number of sulfonamides is 1. The van der Waals surface area contributed by atoms with Crippen molar-refractivity contribution >= 4 is 21.4 Å². The van der Waals surface area contributed by atoms with Gasteiger partial charge in [-0.05, 0) is 49.2 Å². The minimum Gasteiger partial charge on any atom is -0.372 e. The molecular formula is C18H19N3O2S. The molecule has 1 aliphatic heterocycles. The van der Waals surface area contributed by atoms with Crippen molar-refractivity contribution in [1.29, 1.82) is 5.26 Å². The molecule has 1 saturated heterocycles. The van der Waals surface area contributed by atoms with E-state index in [2.05, 4.69) is 4.90 Å². The fourth-order valence-corrected chi connectivity index (χ4v) is 4.26. The lowest BCUT2D eigenvalue weighted by Gasteiger charge is -2.22. The van der Waals surface area contributed by atoms with Crippen molar-refractivity contribution in [3.8, 4) is 6.07 Å². The molecule has 0 unspecified atom stereocenters. The molecular weight excluding hydrogens is 322 g/mol. The Morgan fingerprint density at radius 3 is 2.29 bits per heavy atom. The van der Waals surface area contributed by atoms with E-state index in [-0.39, 0.29) is 10.5 Å². The summed E-state index contributed by atoms with van der Waals surface area (Å²) in [5, 5.41) is 9.15. The summed E-state index contributed by atoms with van der Waals surface area (Å²) in [6.07, 6.45) is 2.39. The first-order valence-electron chi connectivity index (χ1n) is 7.87. The number of anilines is 2. The van der Waals surface area contributed by atoms with E-state index in [0.29, 0.717) is 5.69 Å². The first kappa shape index (κ1) is 16.3. The van der Waals surface area contributed by atoms with Gasteiger partial charge in [0.15, 0.2) is 0 Å². The SMILES string of the molecule is CN(c1ccc(N2CCCC2)cc1)S(=O)(=O)c1ccccc1C#N. The maximum absolute atomic E-state index is 12.8. The zero-order valence-corrected chi connectivity index (χ0v) is 14.3. The number of hydrogen-bond donors (Lipinski definition) is 0. The molecule has 2 aromatic carbocycles. The van der Waals surface area contributed by atoms with Crippen LogP contribution in [0.4, 0.5) is 11.4 Å². The molecule has 0 spiro atoms. The van der Waals surface area contributed by atoms with Gasteiger partial charge in [0.25, 0.3) is 10.0 Å². The highest BCUT2D eigenvalue weighted by Gasteiger charge is 2.24. The van der Waals surface area contributed by atoms with Gasteiger partial charge in [0.05, 0.1) is 11.3 Å². The fourth-order valence-electron chi connectivity index (χ4n) is 2.92. The van der Waals surface area contributed by atoms with Crippen LogP contribution in [0, 0.1) is 11.3 Å². The second-order valence-electron chi connectivity index (χ2n) is 5.79. The van der Waals surface area contributed by atoms with Gasteiger partial charge in [0, 0.05) is 25.8 Å². The normalized spacial score (nSPS) is 14.4. The predicted molar refractivity (Wildman–Crippen MR) is 94.6 cm³/mol. The summed E-state index contributed by atoms with van der Waals surface area (Å²) in [7, 11) is -2.26. The third-order valence-electron chi connectivity index (χ3n) is 4.33. The monoisotopic (exact) mass is 341 g/mol. The van der Waals surface area contributed by atoms with Gasteiger partial charge in [-0.3, -0.25) is 4.31 Å². The van der Waals surface area contributed by atoms with Crippen molar-refractivity contribution in [1.82, 2.24) is 0 Å². The number of hydrogen-bond acceptors (Lipinski definition) is 4. The van der Waals surface area contributed by atoms with Crippen LogP contribution in [0.5, 0.6) is 0 Å². The summed E-state index contributed by atoms with van der Waals surface area (Å²) in [5.41, 5.74) is 1.84. The van der Waals surface area contributed by atoms with Gasteiger partial charge in [-0.15, -0.1) is 0 Å². The lowest BCUT2D eigenvalue weighted by atomic mass is 10.2. The second kappa shape index (κ2) is 6.54. The van der Waals surface area contributed by atoms with Crippen LogP contribution in [-0.2, 0) is 10.0 Å². The zero-order valence-electron chi connectivity index (χ0n) is 13.5. The van der Waals surface area contributed by atoms with E-state index in [4.69, 9.17) is 5.26 Å². The second-order valence-corrected chi connectivity index (χ2v) is 7.73. The van der Waals surface area contributed by atoms with Crippen molar-refractivity contribution < 1.29 is 8.42 Å². The van der Waals surface area contributed by atoms with Gasteiger partial charge >= 0.3 is 0 Å². The van der Waals surface area contributed by atoms with Crippen molar-refractivity contribution in [2.75, 3.05) is 29.3 Å². The first-order valence-corrected chi connectivity index (χ1v) is 9.31. The summed E-state index contributed by atoms with van der Waals surface area (Å²) in [5.74, 6) is 0. The van der Waals surface area contributed by atoms with Gasteiger partial charge in [0.1, 0.15) is 11.0 Å². The number of nitriles is 1. The van der Waals surface area contributed by atoms with Crippen LogP contribution in [0.25, 0.3) is 0 Å². The molecule has 0 amide bonds. The van der Waals surface area contributed by atoms with E-state index < -0.39 is 10.0 Å². The minimum absolute atomic E-state index is 0.0265. The van der Waals surface area contributed by atoms with Crippen LogP contribution in [0.2, 0.25) is 0 Å². The molecule has 0 radical (unpaired) electrons. The zero-order chi connectivity index (χ0) is 17.2. The molecule has 6 heteroatoms. The lowest BCUT2D eigenvalue weighted by molar-refractivity contribution is 0.594. The number of rotatable bonds is 4. The molecule has 0 N–H and O–H groups in total. The molecule has 0 aliphatic carbocycles. The van der Waals surface area contributed by atoms with Crippen LogP contribution in [-0.4, -0.2) is 28.6 Å². The molecule has 124 valence electrons. The molecule has 3 rings (SSSR count). The summed E-state index contributed by atoms with van der Waals surface area (Å²) >= 11 is 0. The molecule has 5 nitrogen and oxygen atoms in total. The molecule has 0 atom stereocenters. The minimum atomic E-state index is -3.77. The average Bonchev–Trinajstić information content (AvgIpc) is 3.15. The first-order chi connectivity index (χ1) is 11.5. The molecule has 0 aromatic heterocycles. The standard InChI is InChI=1S/C18H19N3O2S/c1-20(24(22,23)18-7-3-2-6-15(18)14-19)16-8-10-17(11-9-16)21-12-4-5-13-21/h2-3,6-11H,4-5,12-13H2,1H3. The Bertz CT molecular complexity index is 864. The van der Waals surface area contributed by atoms with Gasteiger partial charge in [-0.1, -0.05) is 12.1 Å². The third-order valence-corrected chi connectivity index (χ3v) is 6.17. The highest BCUT2D eigenvalue weighted by atomic mass is 32.2. The van der Waals surface area contributed by atoms with Crippen LogP contribution < -0.4 is 9.21 Å². The summed E-state index contributed by atoms with van der Waals surface area (Å²) < 4.78 is 26.9. The Kier molecular flexibility index (Phi) is 4.45. The quantitative estimate of drug-likeness (QED) is 0.857. The molecule has 0 saturated carbocycles. The maximum Gasteiger partial charge on any atom is 0.265 e. The van der Waals surface area contributed by atoms with E-state index in [0.717, 1.165) is 18.8 Å². The third kappa shape index (κ3) is 2.95. The fraction of sp³-hybridized carbons (Fsp3) is 0.278. The van der Waals surface area contributed by atoms with Crippen LogP contribution >= 0.6 is 0 Å². The Hall–Kier alpha value is -2.52. The summed E-state index contributed by atoms with van der Waals surface area (Å²) in [4.78, 5) is 2.32. The van der Waals surface area contributed by atoms with Gasteiger partial charge in [-0.2, -0.15) is 5.26 Å². The van der Waals surface area contributed by atoms with E-state index in [9.17, 15) is 8.42 Å². The molecule has 24 heavy (non-hydrogen) atoms. The summed E-state index contributed by atoms with van der Waals surface area (Å²) in [6, 6.07) is 15.7. The van der Waals surface area contributed by atoms with Crippen molar-refractivity contribution in [2.45, 2.75) is 17.7 Å². The van der Waals surface area contributed by atoms with Gasteiger partial charge in [0.2, 0.25) is 0 Å². The van der Waals surface area contributed by atoms with E-state index in [1.807, 2.05) is 18.2 Å². The average molecular weight is 341 g/mol. The highest BCUT2D eigenvalue weighted by molar-refractivity contribution is 7.92. The highest BCUT2D eigenvalue weighted by Crippen LogP contribution is 2.27. The van der Waals surface area contributed by atoms with Crippen LogP contribution in [0.1, 0.15) is 18.4 Å². The number of nitrogens with zero attached hydrogens (tertiary/aromatic N) is 3. The smallest absolute Gasteiger partial charge is 0.265 e. The van der Waals surface area contributed by atoms with E-state index in [1.165, 1.54) is 36.3 Å². The van der Waals surface area contributed by atoms with Crippen LogP contribution in [0.3, 0.4) is 0 Å². The molecule has 1 aliphatic rings. The van der Waals surface area contributed by atoms with E-state index in [1.54, 1.807) is 24.3 Å². The Morgan fingerprint density at radius 1 is 1.04 bits per heavy atom. The van der Waals surface area contributed by atoms with Crippen molar-refractivity contribution in [2.24, 2.45) is 0 Å². The Balaban J connectivity index is 1.90. The topological polar surface area (TPSA) is 64.4 Å². The largest absolute Gasteiger partial charge is 0.372 e. The molecule has 1 fully saturated rings. The van der Waals surface area contributed by atoms with Crippen molar-refractivity contribution in [3.05, 3.63) is 54.1 Å². The Labute approximate surface area is 142 Å². The molecule has 0 bridgehead atoms. The predicted octanol–water partition coefficient (Wildman–Crippen LogP) is 2.98. The van der Waals surface area contributed by atoms with Gasteiger partial charge in [-0.25, -0.2) is 8.42 Å². The Morgan fingerprint density at radius 2 is 1.67 bits per heavy atom. The number of benzene rings is 2. The molecule has 1 heterocycles. The molecule has 2 aromatic rings. The lowest BCUT2D eigenvalue weighted by Crippen LogP contribution is -2.27. The summed E-state index contributed by atoms with van der Waals surface area (Å²) in [6.45, 7) is 2.09. The maximum atomic E-state index is 12.8. The van der Waals surface area contributed by atoms with Crippen LogP contribution in [0.15, 0.2) is 53.4 Å². The van der Waals surface area contributed by atoms with Crippen molar-refractivity contribution in [3.63, 3.8) is 0 Å². The van der Waals surface area contributed by atoms with E-state index >= 15 is 0 Å². The van der Waals surface area contributed by atoms with Gasteiger partial charge < -0.3 is 4.90 Å².